The van der Waals surface area contributed by atoms with Crippen LogP contribution < -0.4 is 5.43 Å². The fourth-order valence-corrected chi connectivity index (χ4v) is 5.09. The summed E-state index contributed by atoms with van der Waals surface area (Å²) >= 11 is 0. The number of piperidine rings is 2. The number of hydrogen-bond donors (Lipinski definition) is 1. The Balaban J connectivity index is 0.00000150. The minimum Gasteiger partial charge on any atom is -0.301 e. The van der Waals surface area contributed by atoms with Crippen molar-refractivity contribution in [3.63, 3.8) is 0 Å². The Morgan fingerprint density at radius 2 is 1.73 bits per heavy atom. The minimum atomic E-state index is -0.0892. The maximum Gasteiger partial charge on any atom is 0.284 e. The average molecular weight is 481 g/mol. The third-order valence-electron chi connectivity index (χ3n) is 6.61. The number of pyridine rings is 1. The molecule has 5 rings (SSSR count). The minimum absolute atomic E-state index is 0. The van der Waals surface area contributed by atoms with Crippen LogP contribution in [-0.2, 0) is 0 Å². The maximum absolute atomic E-state index is 12.5. The third kappa shape index (κ3) is 6.44. The molecule has 0 saturated carbocycles. The van der Waals surface area contributed by atoms with Crippen molar-refractivity contribution in [2.24, 2.45) is 5.92 Å². The summed E-state index contributed by atoms with van der Waals surface area (Å²) in [7, 11) is 0. The molecule has 0 radical (unpaired) electrons. The number of fused-ring (bicyclic) bond motifs is 4. The quantitative estimate of drug-likeness (QED) is 0.717. The van der Waals surface area contributed by atoms with Crippen LogP contribution in [-0.4, -0.2) is 76.5 Å². The van der Waals surface area contributed by atoms with E-state index in [1.807, 2.05) is 12.1 Å². The number of carbonyl (C=O) groups is 1. The van der Waals surface area contributed by atoms with Crippen molar-refractivity contribution in [3.8, 4) is 0 Å². The molecule has 2 bridgehead atoms. The Bertz CT molecular complexity index is 643. The lowest BCUT2D eigenvalue weighted by atomic mass is 9.90. The number of hydrazine groups is 1. The predicted molar refractivity (Wildman–Crippen MR) is 128 cm³/mol. The van der Waals surface area contributed by atoms with Gasteiger partial charge in [-0.05, 0) is 70.7 Å². The number of nitrogens with one attached hydrogen (secondary N) is 1. The average Bonchev–Trinajstić information content (AvgIpc) is 2.99. The molecule has 4 saturated heterocycles. The zero-order valence-electron chi connectivity index (χ0n) is 17.9. The summed E-state index contributed by atoms with van der Waals surface area (Å²) in [5.41, 5.74) is 3.61. The molecule has 6 nitrogen and oxygen atoms in total. The standard InChI is InChI=1S/C21H33N5O.3ClH/c1-16(2)24-11-8-18(9-12-24)26-14-17-6-7-19(26)15-25(13-17)23-21(27)20-5-3-4-10-22-20;;;/h3-5,10,16-19H,6-9,11-15H2,1-2H3,(H,23,27);3*1H. The monoisotopic (exact) mass is 479 g/mol. The van der Waals surface area contributed by atoms with Crippen molar-refractivity contribution < 1.29 is 4.79 Å². The Morgan fingerprint density at radius 3 is 2.37 bits per heavy atom. The van der Waals surface area contributed by atoms with Crippen molar-refractivity contribution in [1.82, 2.24) is 25.2 Å². The number of amides is 1. The molecule has 9 heteroatoms. The zero-order valence-corrected chi connectivity index (χ0v) is 20.4. The molecular weight excluding hydrogens is 445 g/mol. The summed E-state index contributed by atoms with van der Waals surface area (Å²) in [6, 6.07) is 7.40. The number of nitrogens with zero attached hydrogens (tertiary/aromatic N) is 4. The molecule has 0 spiro atoms. The largest absolute Gasteiger partial charge is 0.301 e. The van der Waals surface area contributed by atoms with E-state index in [1.54, 1.807) is 12.3 Å². The van der Waals surface area contributed by atoms with Crippen LogP contribution in [0.25, 0.3) is 0 Å². The van der Waals surface area contributed by atoms with Gasteiger partial charge in [0.15, 0.2) is 0 Å². The topological polar surface area (TPSA) is 51.7 Å². The van der Waals surface area contributed by atoms with Gasteiger partial charge in [-0.1, -0.05) is 6.07 Å². The Kier molecular flexibility index (Phi) is 11.3. The molecule has 0 aromatic carbocycles. The van der Waals surface area contributed by atoms with Gasteiger partial charge in [0.2, 0.25) is 0 Å². The summed E-state index contributed by atoms with van der Waals surface area (Å²) in [5, 5.41) is 2.16. The number of halogens is 3. The zero-order chi connectivity index (χ0) is 18.8. The van der Waals surface area contributed by atoms with Crippen LogP contribution in [0.4, 0.5) is 0 Å². The summed E-state index contributed by atoms with van der Waals surface area (Å²) in [4.78, 5) is 22.1. The van der Waals surface area contributed by atoms with Gasteiger partial charge in [-0.25, -0.2) is 5.01 Å². The molecule has 4 fully saturated rings. The van der Waals surface area contributed by atoms with Gasteiger partial charge >= 0.3 is 0 Å². The van der Waals surface area contributed by atoms with Gasteiger partial charge in [0, 0.05) is 44.0 Å². The Hall–Kier alpha value is -0.630. The fourth-order valence-electron chi connectivity index (χ4n) is 5.09. The van der Waals surface area contributed by atoms with E-state index in [0.717, 1.165) is 13.1 Å². The molecule has 4 aliphatic heterocycles. The maximum atomic E-state index is 12.5. The normalized spacial score (nSPS) is 25.6. The number of hydrogen-bond acceptors (Lipinski definition) is 5. The van der Waals surface area contributed by atoms with Crippen LogP contribution in [0, 0.1) is 5.92 Å². The molecule has 172 valence electrons. The van der Waals surface area contributed by atoms with Crippen molar-refractivity contribution in [2.75, 3.05) is 32.7 Å². The highest BCUT2D eigenvalue weighted by molar-refractivity contribution is 5.91. The van der Waals surface area contributed by atoms with Crippen LogP contribution >= 0.6 is 37.2 Å². The van der Waals surface area contributed by atoms with E-state index in [1.165, 1.54) is 45.3 Å². The molecule has 1 amide bonds. The summed E-state index contributed by atoms with van der Waals surface area (Å²) in [5.74, 6) is 0.560. The fraction of sp³-hybridized carbons (Fsp3) is 0.714. The van der Waals surface area contributed by atoms with Gasteiger partial charge in [-0.2, -0.15) is 0 Å². The summed E-state index contributed by atoms with van der Waals surface area (Å²) in [6.45, 7) is 10.1. The second kappa shape index (κ2) is 12.4. The molecular formula is C21H36Cl3N5O. The van der Waals surface area contributed by atoms with Gasteiger partial charge in [-0.3, -0.25) is 20.1 Å². The summed E-state index contributed by atoms with van der Waals surface area (Å²) < 4.78 is 0. The van der Waals surface area contributed by atoms with Gasteiger partial charge in [-0.15, -0.1) is 37.2 Å². The highest BCUT2D eigenvalue weighted by Crippen LogP contribution is 2.32. The molecule has 1 aromatic heterocycles. The van der Waals surface area contributed by atoms with Crippen LogP contribution in [0.2, 0.25) is 0 Å². The molecule has 1 N–H and O–H groups in total. The highest BCUT2D eigenvalue weighted by atomic mass is 35.5. The first-order chi connectivity index (χ1) is 13.1. The SMILES string of the molecule is CC(C)N1CCC(N2CC3CCC2CN(NC(=O)c2ccccn2)C3)CC1.Cl.Cl.Cl. The van der Waals surface area contributed by atoms with Crippen molar-refractivity contribution in [3.05, 3.63) is 30.1 Å². The third-order valence-corrected chi connectivity index (χ3v) is 6.61. The number of rotatable bonds is 4. The van der Waals surface area contributed by atoms with Crippen molar-refractivity contribution >= 4 is 43.1 Å². The van der Waals surface area contributed by atoms with E-state index < -0.39 is 0 Å². The second-order valence-corrected chi connectivity index (χ2v) is 8.72. The first-order valence-electron chi connectivity index (χ1n) is 10.6. The summed E-state index contributed by atoms with van der Waals surface area (Å²) in [6.07, 6.45) is 6.77. The highest BCUT2D eigenvalue weighted by Gasteiger charge is 2.39. The number of likely N-dealkylation sites (tertiary alicyclic amines) is 1. The lowest BCUT2D eigenvalue weighted by Gasteiger charge is -2.45. The van der Waals surface area contributed by atoms with Crippen LogP contribution in [0.15, 0.2) is 24.4 Å². The van der Waals surface area contributed by atoms with Crippen LogP contribution in [0.5, 0.6) is 0 Å². The molecule has 0 aliphatic carbocycles. The van der Waals surface area contributed by atoms with E-state index in [-0.39, 0.29) is 43.1 Å². The number of aromatic nitrogens is 1. The van der Waals surface area contributed by atoms with Crippen molar-refractivity contribution in [1.29, 1.82) is 0 Å². The lowest BCUT2D eigenvalue weighted by molar-refractivity contribution is 0.0342. The molecule has 1 aromatic rings. The van der Waals surface area contributed by atoms with E-state index in [9.17, 15) is 4.79 Å². The number of carbonyl (C=O) groups excluding carboxylic acids is 1. The predicted octanol–water partition coefficient (Wildman–Crippen LogP) is 3.26. The van der Waals surface area contributed by atoms with Gasteiger partial charge in [0.05, 0.1) is 0 Å². The van der Waals surface area contributed by atoms with Crippen molar-refractivity contribution in [2.45, 2.75) is 57.7 Å². The molecule has 2 atom stereocenters. The lowest BCUT2D eigenvalue weighted by Crippen LogP contribution is -2.54. The van der Waals surface area contributed by atoms with Crippen LogP contribution in [0.3, 0.4) is 0 Å². The molecule has 4 aliphatic rings. The molecule has 5 heterocycles. The second-order valence-electron chi connectivity index (χ2n) is 8.72. The van der Waals surface area contributed by atoms with Crippen LogP contribution in [0.1, 0.15) is 50.0 Å². The van der Waals surface area contributed by atoms with E-state index in [4.69, 9.17) is 0 Å². The Labute approximate surface area is 199 Å². The van der Waals surface area contributed by atoms with E-state index in [2.05, 4.69) is 39.1 Å². The first-order valence-corrected chi connectivity index (χ1v) is 10.6. The van der Waals surface area contributed by atoms with E-state index >= 15 is 0 Å². The smallest absolute Gasteiger partial charge is 0.284 e. The van der Waals surface area contributed by atoms with Gasteiger partial charge in [0.1, 0.15) is 5.69 Å². The van der Waals surface area contributed by atoms with E-state index in [0.29, 0.717) is 29.7 Å². The Morgan fingerprint density at radius 1 is 1.00 bits per heavy atom. The molecule has 2 unspecified atom stereocenters. The van der Waals surface area contributed by atoms with Gasteiger partial charge in [0.25, 0.3) is 5.91 Å². The van der Waals surface area contributed by atoms with Gasteiger partial charge < -0.3 is 4.90 Å². The first kappa shape index (κ1) is 27.4. The molecule has 30 heavy (non-hydrogen) atoms.